The second-order valence-electron chi connectivity index (χ2n) is 4.82. The average Bonchev–Trinajstić information content (AvgIpc) is 2.61. The number of aliphatic carboxylic acids is 1. The molecule has 2 N–H and O–H groups in total. The van der Waals surface area contributed by atoms with Crippen LogP contribution >= 0.6 is 0 Å². The fourth-order valence-corrected chi connectivity index (χ4v) is 2.11. The third-order valence-electron chi connectivity index (χ3n) is 3.51. The van der Waals surface area contributed by atoms with Crippen LogP contribution in [0, 0.1) is 0 Å². The van der Waals surface area contributed by atoms with Crippen LogP contribution in [0.25, 0.3) is 0 Å². The number of hydrogen-bond donors (Lipinski definition) is 2. The highest BCUT2D eigenvalue weighted by molar-refractivity contribution is 5.82. The minimum absolute atomic E-state index is 0.131. The highest BCUT2D eigenvalue weighted by Crippen LogP contribution is 2.19. The fraction of sp³-hybridized carbons (Fsp3) is 0.833. The number of likely N-dealkylation sites (tertiary alicyclic amines) is 1. The summed E-state index contributed by atoms with van der Waals surface area (Å²) in [5.74, 6) is -0.949. The second kappa shape index (κ2) is 6.58. The molecule has 1 heterocycles. The second-order valence-corrected chi connectivity index (χ2v) is 4.82. The quantitative estimate of drug-likeness (QED) is 0.782. The van der Waals surface area contributed by atoms with Gasteiger partial charge >= 0.3 is 12.0 Å². The van der Waals surface area contributed by atoms with Gasteiger partial charge in [0.2, 0.25) is 0 Å². The van der Waals surface area contributed by atoms with Crippen LogP contribution in [0.1, 0.15) is 32.6 Å². The summed E-state index contributed by atoms with van der Waals surface area (Å²) in [7, 11) is 1.59. The Morgan fingerprint density at radius 1 is 1.39 bits per heavy atom. The van der Waals surface area contributed by atoms with E-state index in [2.05, 4.69) is 0 Å². The zero-order valence-electron chi connectivity index (χ0n) is 11.0. The average molecular weight is 258 g/mol. The number of urea groups is 1. The number of likely N-dealkylation sites (N-methyl/N-ethyl adjacent to an activating group) is 1. The molecule has 6 heteroatoms. The third-order valence-corrected chi connectivity index (χ3v) is 3.51. The van der Waals surface area contributed by atoms with Gasteiger partial charge in [0.1, 0.15) is 6.04 Å². The molecule has 2 amide bonds. The van der Waals surface area contributed by atoms with E-state index in [-0.39, 0.29) is 18.7 Å². The van der Waals surface area contributed by atoms with Gasteiger partial charge in [0.25, 0.3) is 0 Å². The van der Waals surface area contributed by atoms with Gasteiger partial charge in [-0.3, -0.25) is 0 Å². The molecule has 1 fully saturated rings. The summed E-state index contributed by atoms with van der Waals surface area (Å²) in [6.07, 6.45) is 3.12. The van der Waals surface area contributed by atoms with Gasteiger partial charge < -0.3 is 20.0 Å². The molecule has 0 aliphatic carbocycles. The minimum Gasteiger partial charge on any atom is -0.480 e. The molecule has 1 aliphatic rings. The van der Waals surface area contributed by atoms with E-state index in [9.17, 15) is 14.7 Å². The molecule has 0 aromatic heterocycles. The molecule has 1 aliphatic heterocycles. The maximum atomic E-state index is 12.2. The molecule has 0 saturated carbocycles. The molecule has 0 bridgehead atoms. The Bertz CT molecular complexity index is 308. The van der Waals surface area contributed by atoms with E-state index in [1.165, 1.54) is 9.80 Å². The SMILES string of the molecule is CC(CO)N(C)C(=O)N1CCCCCC1C(=O)O. The molecule has 6 nitrogen and oxygen atoms in total. The van der Waals surface area contributed by atoms with Gasteiger partial charge in [0, 0.05) is 13.6 Å². The Morgan fingerprint density at radius 3 is 2.61 bits per heavy atom. The number of amides is 2. The van der Waals surface area contributed by atoms with Crippen molar-refractivity contribution < 1.29 is 19.8 Å². The predicted octanol–water partition coefficient (Wildman–Crippen LogP) is 0.748. The summed E-state index contributed by atoms with van der Waals surface area (Å²) in [5, 5.41) is 18.3. The summed E-state index contributed by atoms with van der Waals surface area (Å²) < 4.78 is 0. The molecule has 0 spiro atoms. The fourth-order valence-electron chi connectivity index (χ4n) is 2.11. The van der Waals surface area contributed by atoms with Gasteiger partial charge in [-0.25, -0.2) is 9.59 Å². The molecule has 0 radical (unpaired) electrons. The lowest BCUT2D eigenvalue weighted by Gasteiger charge is -2.33. The standard InChI is InChI=1S/C12H22N2O4/c1-9(8-15)13(2)12(18)14-7-5-3-4-6-10(14)11(16)17/h9-10,15H,3-8H2,1-2H3,(H,16,17). The van der Waals surface area contributed by atoms with Crippen molar-refractivity contribution in [1.29, 1.82) is 0 Å². The number of carboxylic acids is 1. The van der Waals surface area contributed by atoms with E-state index in [0.29, 0.717) is 13.0 Å². The largest absolute Gasteiger partial charge is 0.480 e. The zero-order valence-corrected chi connectivity index (χ0v) is 11.0. The van der Waals surface area contributed by atoms with Crippen LogP contribution in [0.4, 0.5) is 4.79 Å². The van der Waals surface area contributed by atoms with Crippen molar-refractivity contribution in [2.24, 2.45) is 0 Å². The number of rotatable bonds is 3. The minimum atomic E-state index is -0.949. The summed E-state index contributed by atoms with van der Waals surface area (Å²) in [4.78, 5) is 26.3. The van der Waals surface area contributed by atoms with Crippen molar-refractivity contribution >= 4 is 12.0 Å². The lowest BCUT2D eigenvalue weighted by molar-refractivity contribution is -0.142. The molecule has 1 rings (SSSR count). The van der Waals surface area contributed by atoms with Gasteiger partial charge in [0.15, 0.2) is 0 Å². The van der Waals surface area contributed by atoms with Crippen molar-refractivity contribution in [2.75, 3.05) is 20.2 Å². The zero-order chi connectivity index (χ0) is 13.7. The summed E-state index contributed by atoms with van der Waals surface area (Å²) in [5.41, 5.74) is 0. The van der Waals surface area contributed by atoms with Crippen LogP contribution in [0.3, 0.4) is 0 Å². The number of carbonyl (C=O) groups excluding carboxylic acids is 1. The number of carboxylic acid groups (broad SMARTS) is 1. The predicted molar refractivity (Wildman–Crippen MR) is 66.3 cm³/mol. The lowest BCUT2D eigenvalue weighted by Crippen LogP contribution is -2.52. The topological polar surface area (TPSA) is 81.1 Å². The van der Waals surface area contributed by atoms with Gasteiger partial charge in [0.05, 0.1) is 12.6 Å². The van der Waals surface area contributed by atoms with Gasteiger partial charge in [-0.05, 0) is 19.8 Å². The summed E-state index contributed by atoms with van der Waals surface area (Å²) in [6.45, 7) is 2.07. The Labute approximate surface area is 107 Å². The van der Waals surface area contributed by atoms with E-state index in [1.54, 1.807) is 14.0 Å². The van der Waals surface area contributed by atoms with Crippen molar-refractivity contribution in [3.63, 3.8) is 0 Å². The van der Waals surface area contributed by atoms with E-state index in [1.807, 2.05) is 0 Å². The van der Waals surface area contributed by atoms with E-state index in [0.717, 1.165) is 19.3 Å². The van der Waals surface area contributed by atoms with Crippen molar-refractivity contribution in [3.8, 4) is 0 Å². The summed E-state index contributed by atoms with van der Waals surface area (Å²) >= 11 is 0. The maximum Gasteiger partial charge on any atom is 0.326 e. The molecule has 0 aromatic rings. The van der Waals surface area contributed by atoms with Gasteiger partial charge in [-0.1, -0.05) is 12.8 Å². The Balaban J connectivity index is 2.81. The Morgan fingerprint density at radius 2 is 2.06 bits per heavy atom. The normalized spacial score (nSPS) is 22.2. The highest BCUT2D eigenvalue weighted by atomic mass is 16.4. The number of aliphatic hydroxyl groups excluding tert-OH is 1. The third kappa shape index (κ3) is 3.35. The number of hydrogen-bond acceptors (Lipinski definition) is 3. The molecule has 18 heavy (non-hydrogen) atoms. The first-order valence-electron chi connectivity index (χ1n) is 6.36. The van der Waals surface area contributed by atoms with E-state index >= 15 is 0 Å². The smallest absolute Gasteiger partial charge is 0.326 e. The van der Waals surface area contributed by atoms with Crippen LogP contribution < -0.4 is 0 Å². The highest BCUT2D eigenvalue weighted by Gasteiger charge is 2.33. The first-order valence-corrected chi connectivity index (χ1v) is 6.36. The molecule has 104 valence electrons. The molecule has 2 atom stereocenters. The van der Waals surface area contributed by atoms with Crippen LogP contribution in [-0.2, 0) is 4.79 Å². The van der Waals surface area contributed by atoms with Crippen molar-refractivity contribution in [2.45, 2.75) is 44.7 Å². The van der Waals surface area contributed by atoms with E-state index < -0.39 is 12.0 Å². The number of nitrogens with zero attached hydrogens (tertiary/aromatic N) is 2. The monoisotopic (exact) mass is 258 g/mol. The molecule has 2 unspecified atom stereocenters. The van der Waals surface area contributed by atoms with Crippen LogP contribution in [0.5, 0.6) is 0 Å². The molecular formula is C12H22N2O4. The molecule has 1 saturated heterocycles. The lowest BCUT2D eigenvalue weighted by atomic mass is 10.1. The molecular weight excluding hydrogens is 236 g/mol. The van der Waals surface area contributed by atoms with E-state index in [4.69, 9.17) is 5.11 Å². The van der Waals surface area contributed by atoms with Gasteiger partial charge in [-0.15, -0.1) is 0 Å². The van der Waals surface area contributed by atoms with Gasteiger partial charge in [-0.2, -0.15) is 0 Å². The maximum absolute atomic E-state index is 12.2. The van der Waals surface area contributed by atoms with Crippen molar-refractivity contribution in [1.82, 2.24) is 9.80 Å². The Hall–Kier alpha value is -1.30. The molecule has 0 aromatic carbocycles. The summed E-state index contributed by atoms with van der Waals surface area (Å²) in [6, 6.07) is -1.37. The first-order chi connectivity index (χ1) is 8.49. The van der Waals surface area contributed by atoms with Crippen molar-refractivity contribution in [3.05, 3.63) is 0 Å². The number of aliphatic hydroxyl groups is 1. The first kappa shape index (κ1) is 14.8. The van der Waals surface area contributed by atoms with Crippen LogP contribution in [-0.4, -0.2) is 64.3 Å². The van der Waals surface area contributed by atoms with Crippen LogP contribution in [0.2, 0.25) is 0 Å². The Kier molecular flexibility index (Phi) is 5.40. The van der Waals surface area contributed by atoms with Crippen LogP contribution in [0.15, 0.2) is 0 Å². The number of carbonyl (C=O) groups is 2.